The van der Waals surface area contributed by atoms with Gasteiger partial charge in [-0.1, -0.05) is 6.08 Å². The largest absolute Gasteiger partial charge is 0.465 e. The quantitative estimate of drug-likeness (QED) is 0.668. The van der Waals surface area contributed by atoms with Crippen LogP contribution in [0.2, 0.25) is 0 Å². The van der Waals surface area contributed by atoms with Gasteiger partial charge in [0.05, 0.1) is 18.4 Å². The van der Waals surface area contributed by atoms with E-state index >= 15 is 0 Å². The Labute approximate surface area is 130 Å². The first-order chi connectivity index (χ1) is 10.3. The minimum atomic E-state index is -0.495. The summed E-state index contributed by atoms with van der Waals surface area (Å²) < 4.78 is 9.72. The van der Waals surface area contributed by atoms with Gasteiger partial charge in [0.25, 0.3) is 0 Å². The average Bonchev–Trinajstić information content (AvgIpc) is 2.45. The molecule has 1 amide bonds. The molecule has 22 heavy (non-hydrogen) atoms. The van der Waals surface area contributed by atoms with E-state index in [1.54, 1.807) is 12.1 Å². The zero-order valence-electron chi connectivity index (χ0n) is 13.4. The first kappa shape index (κ1) is 17.7. The monoisotopic (exact) mass is 306 g/mol. The minimum Gasteiger partial charge on any atom is -0.465 e. The van der Waals surface area contributed by atoms with Crippen molar-refractivity contribution in [2.75, 3.05) is 13.7 Å². The second-order valence-electron chi connectivity index (χ2n) is 5.58. The molecule has 0 fully saturated rings. The fraction of sp³-hybridized carbons (Fsp3) is 0.438. The van der Waals surface area contributed by atoms with Gasteiger partial charge < -0.3 is 14.8 Å². The SMILES string of the molecule is COC(=O)c1ccc(C=CCCNC(=O)OC(C)(C)C)nc1. The smallest absolute Gasteiger partial charge is 0.407 e. The molecule has 1 N–H and O–H groups in total. The number of ether oxygens (including phenoxy) is 2. The summed E-state index contributed by atoms with van der Waals surface area (Å²) in [5, 5.41) is 2.66. The topological polar surface area (TPSA) is 77.5 Å². The Balaban J connectivity index is 2.34. The van der Waals surface area contributed by atoms with Crippen molar-refractivity contribution in [1.29, 1.82) is 0 Å². The number of alkyl carbamates (subject to hydrolysis) is 1. The Morgan fingerprint density at radius 3 is 2.59 bits per heavy atom. The molecule has 6 heteroatoms. The highest BCUT2D eigenvalue weighted by Crippen LogP contribution is 2.06. The number of esters is 1. The Hall–Kier alpha value is -2.37. The molecule has 0 saturated heterocycles. The van der Waals surface area contributed by atoms with E-state index in [0.717, 1.165) is 5.69 Å². The maximum absolute atomic E-state index is 11.4. The van der Waals surface area contributed by atoms with Gasteiger partial charge in [0.2, 0.25) is 0 Å². The number of aromatic nitrogens is 1. The molecule has 1 rings (SSSR count). The lowest BCUT2D eigenvalue weighted by atomic mass is 10.2. The van der Waals surface area contributed by atoms with Crippen LogP contribution in [0.1, 0.15) is 43.2 Å². The third kappa shape index (κ3) is 6.88. The first-order valence-electron chi connectivity index (χ1n) is 6.99. The number of pyridine rings is 1. The van der Waals surface area contributed by atoms with Crippen molar-refractivity contribution in [3.05, 3.63) is 35.7 Å². The Morgan fingerprint density at radius 1 is 1.32 bits per heavy atom. The fourth-order valence-corrected chi connectivity index (χ4v) is 1.52. The first-order valence-corrected chi connectivity index (χ1v) is 6.99. The molecule has 120 valence electrons. The average molecular weight is 306 g/mol. The van der Waals surface area contributed by atoms with E-state index in [9.17, 15) is 9.59 Å². The van der Waals surface area contributed by atoms with Gasteiger partial charge in [0.15, 0.2) is 0 Å². The van der Waals surface area contributed by atoms with E-state index in [4.69, 9.17) is 4.74 Å². The molecule has 0 unspecified atom stereocenters. The number of methoxy groups -OCH3 is 1. The summed E-state index contributed by atoms with van der Waals surface area (Å²) in [6, 6.07) is 3.38. The van der Waals surface area contributed by atoms with Crippen molar-refractivity contribution >= 4 is 18.1 Å². The molecular weight excluding hydrogens is 284 g/mol. The molecule has 0 bridgehead atoms. The lowest BCUT2D eigenvalue weighted by Gasteiger charge is -2.19. The van der Waals surface area contributed by atoms with Crippen LogP contribution in [0.5, 0.6) is 0 Å². The van der Waals surface area contributed by atoms with Crippen molar-refractivity contribution in [2.24, 2.45) is 0 Å². The number of carbonyl (C=O) groups is 2. The van der Waals surface area contributed by atoms with E-state index in [-0.39, 0.29) is 0 Å². The van der Waals surface area contributed by atoms with Crippen LogP contribution in [0, 0.1) is 0 Å². The number of hydrogen-bond donors (Lipinski definition) is 1. The van der Waals surface area contributed by atoms with Crippen molar-refractivity contribution in [3.63, 3.8) is 0 Å². The lowest BCUT2D eigenvalue weighted by Crippen LogP contribution is -2.32. The predicted molar refractivity (Wildman–Crippen MR) is 83.5 cm³/mol. The molecule has 6 nitrogen and oxygen atoms in total. The molecule has 1 heterocycles. The second kappa shape index (κ2) is 8.17. The summed E-state index contributed by atoms with van der Waals surface area (Å²) in [5.74, 6) is -0.412. The van der Waals surface area contributed by atoms with Crippen LogP contribution < -0.4 is 5.32 Å². The number of rotatable bonds is 5. The molecular formula is C16H22N2O4. The summed E-state index contributed by atoms with van der Waals surface area (Å²) in [6.07, 6.45) is 5.39. The number of nitrogens with one attached hydrogen (secondary N) is 1. The van der Waals surface area contributed by atoms with Gasteiger partial charge in [0, 0.05) is 12.7 Å². The van der Waals surface area contributed by atoms with Gasteiger partial charge in [0.1, 0.15) is 5.60 Å². The van der Waals surface area contributed by atoms with Crippen LogP contribution in [0.4, 0.5) is 4.79 Å². The number of carbonyl (C=O) groups excluding carboxylic acids is 2. The number of nitrogens with zero attached hydrogens (tertiary/aromatic N) is 1. The lowest BCUT2D eigenvalue weighted by molar-refractivity contribution is 0.0527. The van der Waals surface area contributed by atoms with E-state index in [0.29, 0.717) is 18.5 Å². The highest BCUT2D eigenvalue weighted by Gasteiger charge is 2.15. The number of amides is 1. The predicted octanol–water partition coefficient (Wildman–Crippen LogP) is 2.80. The molecule has 0 aliphatic carbocycles. The fourth-order valence-electron chi connectivity index (χ4n) is 1.52. The molecule has 0 atom stereocenters. The van der Waals surface area contributed by atoms with Crippen LogP contribution in [-0.4, -0.2) is 36.3 Å². The molecule has 1 aromatic heterocycles. The van der Waals surface area contributed by atoms with Crippen LogP contribution in [-0.2, 0) is 9.47 Å². The standard InChI is InChI=1S/C16H22N2O4/c1-16(2,3)22-15(20)17-10-6-5-7-13-9-8-12(11-18-13)14(19)21-4/h5,7-9,11H,6,10H2,1-4H3,(H,17,20). The molecule has 0 aliphatic heterocycles. The van der Waals surface area contributed by atoms with Crippen molar-refractivity contribution in [1.82, 2.24) is 10.3 Å². The maximum atomic E-state index is 11.4. The zero-order chi connectivity index (χ0) is 16.6. The number of hydrogen-bond acceptors (Lipinski definition) is 5. The van der Waals surface area contributed by atoms with Crippen molar-refractivity contribution < 1.29 is 19.1 Å². The van der Waals surface area contributed by atoms with Gasteiger partial charge in [-0.25, -0.2) is 9.59 Å². The molecule has 0 aromatic carbocycles. The summed E-state index contributed by atoms with van der Waals surface area (Å²) in [5.41, 5.74) is 0.641. The van der Waals surface area contributed by atoms with Crippen LogP contribution in [0.25, 0.3) is 6.08 Å². The summed E-state index contributed by atoms with van der Waals surface area (Å²) in [7, 11) is 1.33. The van der Waals surface area contributed by atoms with Crippen molar-refractivity contribution in [2.45, 2.75) is 32.8 Å². The van der Waals surface area contributed by atoms with E-state index in [2.05, 4.69) is 15.0 Å². The molecule has 0 saturated carbocycles. The zero-order valence-corrected chi connectivity index (χ0v) is 13.4. The Bertz CT molecular complexity index is 530. The van der Waals surface area contributed by atoms with E-state index in [1.165, 1.54) is 13.3 Å². The van der Waals surface area contributed by atoms with E-state index in [1.807, 2.05) is 32.9 Å². The summed E-state index contributed by atoms with van der Waals surface area (Å²) >= 11 is 0. The Kier molecular flexibility index (Phi) is 6.56. The highest BCUT2D eigenvalue weighted by molar-refractivity contribution is 5.88. The van der Waals surface area contributed by atoms with Crippen molar-refractivity contribution in [3.8, 4) is 0 Å². The third-order valence-corrected chi connectivity index (χ3v) is 2.48. The molecule has 1 aromatic rings. The van der Waals surface area contributed by atoms with Gasteiger partial charge >= 0.3 is 12.1 Å². The van der Waals surface area contributed by atoms with Gasteiger partial charge in [-0.15, -0.1) is 0 Å². The molecule has 0 spiro atoms. The van der Waals surface area contributed by atoms with Crippen LogP contribution in [0.3, 0.4) is 0 Å². The van der Waals surface area contributed by atoms with Crippen LogP contribution >= 0.6 is 0 Å². The molecule has 0 aliphatic rings. The molecule has 0 radical (unpaired) electrons. The summed E-state index contributed by atoms with van der Waals surface area (Å²) in [6.45, 7) is 5.92. The maximum Gasteiger partial charge on any atom is 0.407 e. The second-order valence-corrected chi connectivity index (χ2v) is 5.58. The normalized spacial score (nSPS) is 11.3. The van der Waals surface area contributed by atoms with Gasteiger partial charge in [-0.05, 0) is 45.4 Å². The highest BCUT2D eigenvalue weighted by atomic mass is 16.6. The van der Waals surface area contributed by atoms with Crippen LogP contribution in [0.15, 0.2) is 24.4 Å². The van der Waals surface area contributed by atoms with Gasteiger partial charge in [-0.3, -0.25) is 4.98 Å². The minimum absolute atomic E-state index is 0.409. The summed E-state index contributed by atoms with van der Waals surface area (Å²) in [4.78, 5) is 26.8. The Morgan fingerprint density at radius 2 is 2.05 bits per heavy atom. The van der Waals surface area contributed by atoms with E-state index < -0.39 is 17.7 Å². The van der Waals surface area contributed by atoms with Gasteiger partial charge in [-0.2, -0.15) is 0 Å². The third-order valence-electron chi connectivity index (χ3n) is 2.48.